The first kappa shape index (κ1) is 5.53. The predicted molar refractivity (Wildman–Crippen MR) is 35.2 cm³/mol. The van der Waals surface area contributed by atoms with Gasteiger partial charge in [-0.05, 0) is 12.5 Å². The molecule has 1 aliphatic heterocycles. The van der Waals surface area contributed by atoms with Gasteiger partial charge in [-0.25, -0.2) is 4.79 Å². The highest BCUT2D eigenvalue weighted by Gasteiger charge is 2.28. The third-order valence-corrected chi connectivity index (χ3v) is 1.61. The van der Waals surface area contributed by atoms with Gasteiger partial charge in [-0.1, -0.05) is 12.2 Å². The molecule has 0 aromatic carbocycles. The van der Waals surface area contributed by atoms with E-state index in [1.165, 1.54) is 0 Å². The van der Waals surface area contributed by atoms with Gasteiger partial charge in [-0.2, -0.15) is 0 Å². The van der Waals surface area contributed by atoms with Crippen molar-refractivity contribution < 1.29 is 9.53 Å². The van der Waals surface area contributed by atoms with Crippen LogP contribution in [0.5, 0.6) is 0 Å². The predicted octanol–water partition coefficient (Wildman–Crippen LogP) is 0.939. The van der Waals surface area contributed by atoms with Crippen LogP contribution in [0.3, 0.4) is 0 Å². The molecule has 3 nitrogen and oxygen atoms in total. The summed E-state index contributed by atoms with van der Waals surface area (Å²) in [5, 5.41) is 2.68. The second-order valence-corrected chi connectivity index (χ2v) is 2.32. The lowest BCUT2D eigenvalue weighted by atomic mass is 10.1. The molecule has 2 aliphatic rings. The normalized spacial score (nSPS) is 28.6. The van der Waals surface area contributed by atoms with Crippen LogP contribution >= 0.6 is 0 Å². The molecule has 1 aliphatic carbocycles. The standard InChI is InChI=1S/C7H7NO2/c9-7-8-5-3-1-2-4-6(5)10-7/h1-2,4-5H,3H2,(H,8,9). The van der Waals surface area contributed by atoms with E-state index < -0.39 is 0 Å². The Hall–Kier alpha value is -1.25. The van der Waals surface area contributed by atoms with Gasteiger partial charge in [0.05, 0.1) is 6.04 Å². The molecule has 1 heterocycles. The van der Waals surface area contributed by atoms with Crippen LogP contribution in [0.15, 0.2) is 24.0 Å². The molecule has 1 unspecified atom stereocenters. The van der Waals surface area contributed by atoms with Crippen molar-refractivity contribution in [3.8, 4) is 0 Å². The van der Waals surface area contributed by atoms with E-state index in [2.05, 4.69) is 5.32 Å². The first-order chi connectivity index (χ1) is 4.86. The summed E-state index contributed by atoms with van der Waals surface area (Å²) in [6.45, 7) is 0. The van der Waals surface area contributed by atoms with E-state index >= 15 is 0 Å². The van der Waals surface area contributed by atoms with Crippen LogP contribution in [-0.4, -0.2) is 12.1 Å². The van der Waals surface area contributed by atoms with Gasteiger partial charge in [0.2, 0.25) is 0 Å². The van der Waals surface area contributed by atoms with Gasteiger partial charge in [0.15, 0.2) is 0 Å². The number of hydrogen-bond acceptors (Lipinski definition) is 2. The van der Waals surface area contributed by atoms with Crippen LogP contribution in [0.1, 0.15) is 6.42 Å². The summed E-state index contributed by atoms with van der Waals surface area (Å²) in [6.07, 6.45) is 6.22. The molecule has 0 spiro atoms. The van der Waals surface area contributed by atoms with E-state index in [-0.39, 0.29) is 12.1 Å². The van der Waals surface area contributed by atoms with Gasteiger partial charge < -0.3 is 10.1 Å². The summed E-state index contributed by atoms with van der Waals surface area (Å²) in [5.41, 5.74) is 0. The monoisotopic (exact) mass is 137 g/mol. The van der Waals surface area contributed by atoms with Crippen molar-refractivity contribution in [2.45, 2.75) is 12.5 Å². The fourth-order valence-electron chi connectivity index (χ4n) is 1.12. The highest BCUT2D eigenvalue weighted by atomic mass is 16.6. The largest absolute Gasteiger partial charge is 0.413 e. The van der Waals surface area contributed by atoms with E-state index in [1.807, 2.05) is 18.2 Å². The average Bonchev–Trinajstić information content (AvgIpc) is 2.27. The lowest BCUT2D eigenvalue weighted by Crippen LogP contribution is -2.25. The molecule has 1 saturated heterocycles. The van der Waals surface area contributed by atoms with Gasteiger partial charge in [-0.3, -0.25) is 0 Å². The minimum atomic E-state index is -0.333. The number of hydrogen-bond donors (Lipinski definition) is 1. The molecule has 1 fully saturated rings. The lowest BCUT2D eigenvalue weighted by molar-refractivity contribution is 0.195. The van der Waals surface area contributed by atoms with Gasteiger partial charge in [0, 0.05) is 0 Å². The highest BCUT2D eigenvalue weighted by Crippen LogP contribution is 2.19. The summed E-state index contributed by atoms with van der Waals surface area (Å²) in [6, 6.07) is 0.0949. The van der Waals surface area contributed by atoms with Gasteiger partial charge >= 0.3 is 6.09 Å². The molecule has 0 aromatic rings. The molecule has 1 N–H and O–H groups in total. The Bertz CT molecular complexity index is 230. The van der Waals surface area contributed by atoms with Crippen LogP contribution < -0.4 is 5.32 Å². The van der Waals surface area contributed by atoms with Crippen molar-refractivity contribution >= 4 is 6.09 Å². The number of ether oxygens (including phenoxy) is 1. The number of allylic oxidation sites excluding steroid dienone is 2. The van der Waals surface area contributed by atoms with E-state index in [0.29, 0.717) is 0 Å². The molecule has 1 amide bonds. The molecule has 52 valence electrons. The van der Waals surface area contributed by atoms with Gasteiger partial charge in [0.25, 0.3) is 0 Å². The molecular weight excluding hydrogens is 130 g/mol. The molecule has 0 saturated carbocycles. The van der Waals surface area contributed by atoms with E-state index in [1.54, 1.807) is 0 Å². The van der Waals surface area contributed by atoms with Gasteiger partial charge in [-0.15, -0.1) is 0 Å². The van der Waals surface area contributed by atoms with E-state index in [9.17, 15) is 4.79 Å². The zero-order chi connectivity index (χ0) is 6.97. The highest BCUT2D eigenvalue weighted by molar-refractivity contribution is 5.73. The number of amides is 1. The topological polar surface area (TPSA) is 38.3 Å². The third-order valence-electron chi connectivity index (χ3n) is 1.61. The zero-order valence-corrected chi connectivity index (χ0v) is 5.33. The molecule has 0 bridgehead atoms. The fourth-order valence-corrected chi connectivity index (χ4v) is 1.12. The Morgan fingerprint density at radius 1 is 1.70 bits per heavy atom. The van der Waals surface area contributed by atoms with Crippen molar-refractivity contribution in [2.75, 3.05) is 0 Å². The first-order valence-corrected chi connectivity index (χ1v) is 3.21. The Balaban J connectivity index is 2.26. The van der Waals surface area contributed by atoms with Crippen LogP contribution in [0.25, 0.3) is 0 Å². The van der Waals surface area contributed by atoms with Gasteiger partial charge in [0.1, 0.15) is 5.76 Å². The summed E-state index contributed by atoms with van der Waals surface area (Å²) < 4.78 is 4.83. The lowest BCUT2D eigenvalue weighted by Gasteiger charge is -2.07. The quantitative estimate of drug-likeness (QED) is 0.539. The maximum atomic E-state index is 10.6. The molecule has 0 aromatic heterocycles. The number of fused-ring (bicyclic) bond motifs is 1. The second-order valence-electron chi connectivity index (χ2n) is 2.32. The van der Waals surface area contributed by atoms with Crippen molar-refractivity contribution in [2.24, 2.45) is 0 Å². The fraction of sp³-hybridized carbons (Fsp3) is 0.286. The minimum Gasteiger partial charge on any atom is -0.413 e. The summed E-state index contributed by atoms with van der Waals surface area (Å²) in [7, 11) is 0. The maximum Gasteiger partial charge on any atom is 0.412 e. The Kier molecular flexibility index (Phi) is 1.03. The number of carbonyl (C=O) groups is 1. The molecule has 10 heavy (non-hydrogen) atoms. The number of rotatable bonds is 0. The van der Waals surface area contributed by atoms with Crippen LogP contribution in [0.4, 0.5) is 4.79 Å². The minimum absolute atomic E-state index is 0.0949. The molecule has 0 radical (unpaired) electrons. The van der Waals surface area contributed by atoms with Crippen LogP contribution in [-0.2, 0) is 4.74 Å². The first-order valence-electron chi connectivity index (χ1n) is 3.21. The number of nitrogens with one attached hydrogen (secondary N) is 1. The van der Waals surface area contributed by atoms with Crippen LogP contribution in [0.2, 0.25) is 0 Å². The van der Waals surface area contributed by atoms with Crippen LogP contribution in [0, 0.1) is 0 Å². The Labute approximate surface area is 58.4 Å². The van der Waals surface area contributed by atoms with E-state index in [4.69, 9.17) is 4.74 Å². The number of alkyl carbamates (subject to hydrolysis) is 1. The molecular formula is C7H7NO2. The second kappa shape index (κ2) is 1.87. The Morgan fingerprint density at radius 3 is 3.40 bits per heavy atom. The zero-order valence-electron chi connectivity index (χ0n) is 5.33. The van der Waals surface area contributed by atoms with Crippen molar-refractivity contribution in [1.29, 1.82) is 0 Å². The third kappa shape index (κ3) is 0.708. The van der Waals surface area contributed by atoms with Crippen molar-refractivity contribution in [1.82, 2.24) is 5.32 Å². The summed E-state index contributed by atoms with van der Waals surface area (Å²) >= 11 is 0. The summed E-state index contributed by atoms with van der Waals surface area (Å²) in [4.78, 5) is 10.6. The molecule has 1 atom stereocenters. The smallest absolute Gasteiger partial charge is 0.412 e. The van der Waals surface area contributed by atoms with Crippen molar-refractivity contribution in [3.05, 3.63) is 24.0 Å². The van der Waals surface area contributed by atoms with Crippen molar-refractivity contribution in [3.63, 3.8) is 0 Å². The maximum absolute atomic E-state index is 10.6. The molecule has 2 rings (SSSR count). The molecule has 3 heteroatoms. The number of carbonyl (C=O) groups excluding carboxylic acids is 1. The van der Waals surface area contributed by atoms with E-state index in [0.717, 1.165) is 12.2 Å². The average molecular weight is 137 g/mol. The summed E-state index contributed by atoms with van der Waals surface area (Å²) in [5.74, 6) is 0.743. The Morgan fingerprint density at radius 2 is 2.60 bits per heavy atom. The SMILES string of the molecule is O=C1NC2CC=CC=C2O1.